The van der Waals surface area contributed by atoms with Crippen LogP contribution in [-0.4, -0.2) is 17.3 Å². The number of allylic oxidation sites excluding steroid dienone is 2. The number of rotatable bonds is 7. The standard InChI is InChI=1S/C30H30O2S/c1-21(20-31)29(3)26(23-14-8-5-9-15-23)27(24-16-10-6-11-17-24)30(4,28(29)32)22(2)33-25-18-12-7-13-19-25/h5-22H,1-4H3. The molecule has 3 aromatic rings. The molecule has 0 fully saturated rings. The van der Waals surface area contributed by atoms with Gasteiger partial charge in [-0.2, -0.15) is 0 Å². The molecule has 0 amide bonds. The van der Waals surface area contributed by atoms with Crippen LogP contribution in [0.4, 0.5) is 0 Å². The van der Waals surface area contributed by atoms with Crippen LogP contribution in [-0.2, 0) is 9.59 Å². The molecule has 4 atom stereocenters. The fourth-order valence-corrected chi connectivity index (χ4v) is 6.35. The summed E-state index contributed by atoms with van der Waals surface area (Å²) in [5.41, 5.74) is 2.34. The van der Waals surface area contributed by atoms with Gasteiger partial charge in [0.2, 0.25) is 0 Å². The van der Waals surface area contributed by atoms with Crippen LogP contribution in [0, 0.1) is 16.7 Å². The van der Waals surface area contributed by atoms with E-state index in [2.05, 4.69) is 50.2 Å². The Hall–Kier alpha value is -2.91. The second-order valence-corrected chi connectivity index (χ2v) is 10.6. The molecule has 0 radical (unpaired) electrons. The van der Waals surface area contributed by atoms with Gasteiger partial charge in [0.1, 0.15) is 6.29 Å². The Bertz CT molecular complexity index is 1170. The number of benzene rings is 3. The first-order chi connectivity index (χ1) is 15.8. The van der Waals surface area contributed by atoms with E-state index in [1.54, 1.807) is 11.8 Å². The predicted octanol–water partition coefficient (Wildman–Crippen LogP) is 7.21. The summed E-state index contributed by atoms with van der Waals surface area (Å²) in [7, 11) is 0. The van der Waals surface area contributed by atoms with Crippen LogP contribution < -0.4 is 0 Å². The van der Waals surface area contributed by atoms with E-state index in [9.17, 15) is 9.59 Å². The highest BCUT2D eigenvalue weighted by atomic mass is 32.2. The quantitative estimate of drug-likeness (QED) is 0.279. The summed E-state index contributed by atoms with van der Waals surface area (Å²) in [6, 6.07) is 30.5. The number of carbonyl (C=O) groups excluding carboxylic acids is 2. The molecule has 1 aliphatic rings. The Morgan fingerprint density at radius 3 is 1.58 bits per heavy atom. The first kappa shape index (κ1) is 23.3. The Morgan fingerprint density at radius 1 is 0.697 bits per heavy atom. The highest BCUT2D eigenvalue weighted by Crippen LogP contribution is 2.63. The van der Waals surface area contributed by atoms with Gasteiger partial charge in [-0.1, -0.05) is 92.7 Å². The maximum atomic E-state index is 14.5. The fraction of sp³-hybridized carbons (Fsp3) is 0.267. The average Bonchev–Trinajstić information content (AvgIpc) is 3.05. The maximum absolute atomic E-state index is 14.5. The summed E-state index contributed by atoms with van der Waals surface area (Å²) >= 11 is 1.72. The van der Waals surface area contributed by atoms with E-state index >= 15 is 0 Å². The monoisotopic (exact) mass is 454 g/mol. The number of hydrogen-bond donors (Lipinski definition) is 0. The van der Waals surface area contributed by atoms with Crippen molar-refractivity contribution < 1.29 is 9.59 Å². The van der Waals surface area contributed by atoms with Crippen LogP contribution in [0.5, 0.6) is 0 Å². The number of Topliss-reactive ketones (excluding diaryl/α,β-unsaturated/α-hetero) is 1. The molecule has 0 spiro atoms. The summed E-state index contributed by atoms with van der Waals surface area (Å²) in [6.07, 6.45) is 0.935. The summed E-state index contributed by atoms with van der Waals surface area (Å²) < 4.78 is 0. The van der Waals surface area contributed by atoms with Gasteiger partial charge >= 0.3 is 0 Å². The van der Waals surface area contributed by atoms with Gasteiger partial charge in [-0.05, 0) is 48.3 Å². The number of carbonyl (C=O) groups is 2. The van der Waals surface area contributed by atoms with Gasteiger partial charge in [0.05, 0.1) is 10.8 Å². The molecule has 0 heterocycles. The van der Waals surface area contributed by atoms with Crippen molar-refractivity contribution >= 4 is 35.0 Å². The van der Waals surface area contributed by atoms with Gasteiger partial charge in [-0.25, -0.2) is 0 Å². The molecule has 3 aromatic carbocycles. The lowest BCUT2D eigenvalue weighted by Gasteiger charge is -2.36. The smallest absolute Gasteiger partial charge is 0.155 e. The Balaban J connectivity index is 2.02. The van der Waals surface area contributed by atoms with Crippen molar-refractivity contribution in [3.8, 4) is 0 Å². The van der Waals surface area contributed by atoms with Crippen molar-refractivity contribution in [3.63, 3.8) is 0 Å². The molecule has 0 aromatic heterocycles. The molecular formula is C30H30O2S. The molecule has 4 rings (SSSR count). The molecule has 2 nitrogen and oxygen atoms in total. The van der Waals surface area contributed by atoms with Crippen LogP contribution in [0.2, 0.25) is 0 Å². The molecule has 0 saturated heterocycles. The van der Waals surface area contributed by atoms with E-state index in [1.807, 2.05) is 68.4 Å². The van der Waals surface area contributed by atoms with E-state index in [-0.39, 0.29) is 11.0 Å². The molecular weight excluding hydrogens is 424 g/mol. The van der Waals surface area contributed by atoms with Crippen molar-refractivity contribution in [2.75, 3.05) is 0 Å². The second kappa shape index (κ2) is 9.15. The molecule has 1 aliphatic carbocycles. The molecule has 0 aliphatic heterocycles. The highest BCUT2D eigenvalue weighted by Gasteiger charge is 2.61. The number of thioether (sulfide) groups is 1. The largest absolute Gasteiger partial charge is 0.303 e. The number of ketones is 1. The van der Waals surface area contributed by atoms with Crippen molar-refractivity contribution in [1.82, 2.24) is 0 Å². The predicted molar refractivity (Wildman–Crippen MR) is 138 cm³/mol. The molecule has 33 heavy (non-hydrogen) atoms. The first-order valence-corrected chi connectivity index (χ1v) is 12.3. The van der Waals surface area contributed by atoms with Crippen molar-refractivity contribution in [3.05, 3.63) is 102 Å². The van der Waals surface area contributed by atoms with Crippen LogP contribution in [0.25, 0.3) is 11.1 Å². The lowest BCUT2D eigenvalue weighted by molar-refractivity contribution is -0.134. The summed E-state index contributed by atoms with van der Waals surface area (Å²) in [5.74, 6) is -0.335. The fourth-order valence-electron chi connectivity index (χ4n) is 5.16. The lowest BCUT2D eigenvalue weighted by Crippen LogP contribution is -2.43. The first-order valence-electron chi connectivity index (χ1n) is 11.4. The average molecular weight is 455 g/mol. The van der Waals surface area contributed by atoms with E-state index < -0.39 is 16.7 Å². The lowest BCUT2D eigenvalue weighted by atomic mass is 9.67. The molecule has 168 valence electrons. The highest BCUT2D eigenvalue weighted by molar-refractivity contribution is 8.00. The number of hydrogen-bond acceptors (Lipinski definition) is 3. The third-order valence-corrected chi connectivity index (χ3v) is 8.71. The Morgan fingerprint density at radius 2 is 1.12 bits per heavy atom. The van der Waals surface area contributed by atoms with E-state index in [1.165, 1.54) is 0 Å². The molecule has 0 bridgehead atoms. The topological polar surface area (TPSA) is 34.1 Å². The van der Waals surface area contributed by atoms with Gasteiger partial charge in [-0.15, -0.1) is 11.8 Å². The van der Waals surface area contributed by atoms with Gasteiger partial charge in [0.15, 0.2) is 5.78 Å². The van der Waals surface area contributed by atoms with Crippen LogP contribution >= 0.6 is 11.8 Å². The third-order valence-electron chi connectivity index (χ3n) is 7.34. The van der Waals surface area contributed by atoms with Gasteiger partial charge < -0.3 is 4.79 Å². The minimum absolute atomic E-state index is 0.0398. The summed E-state index contributed by atoms with van der Waals surface area (Å²) in [4.78, 5) is 27.8. The molecule has 0 saturated carbocycles. The molecule has 0 N–H and O–H groups in total. The zero-order valence-electron chi connectivity index (χ0n) is 19.6. The van der Waals surface area contributed by atoms with Crippen LogP contribution in [0.15, 0.2) is 95.9 Å². The zero-order valence-corrected chi connectivity index (χ0v) is 20.4. The Labute approximate surface area is 201 Å². The second-order valence-electron chi connectivity index (χ2n) is 9.21. The van der Waals surface area contributed by atoms with E-state index in [0.29, 0.717) is 0 Å². The Kier molecular flexibility index (Phi) is 6.45. The normalized spacial score (nSPS) is 24.5. The van der Waals surface area contributed by atoms with Crippen molar-refractivity contribution in [2.24, 2.45) is 16.7 Å². The van der Waals surface area contributed by atoms with Gasteiger partial charge in [-0.3, -0.25) is 4.79 Å². The number of aldehydes is 1. The zero-order chi connectivity index (χ0) is 23.6. The summed E-state index contributed by atoms with van der Waals surface area (Å²) in [5, 5.41) is -0.0398. The third kappa shape index (κ3) is 3.79. The van der Waals surface area contributed by atoms with Gasteiger partial charge in [0.25, 0.3) is 0 Å². The summed E-state index contributed by atoms with van der Waals surface area (Å²) in [6.45, 7) is 8.05. The van der Waals surface area contributed by atoms with E-state index in [4.69, 9.17) is 0 Å². The van der Waals surface area contributed by atoms with Crippen molar-refractivity contribution in [1.29, 1.82) is 0 Å². The van der Waals surface area contributed by atoms with E-state index in [0.717, 1.165) is 33.5 Å². The van der Waals surface area contributed by atoms with Crippen molar-refractivity contribution in [2.45, 2.75) is 37.8 Å². The van der Waals surface area contributed by atoms with Crippen LogP contribution in [0.3, 0.4) is 0 Å². The van der Waals surface area contributed by atoms with Gasteiger partial charge in [0, 0.05) is 16.1 Å². The maximum Gasteiger partial charge on any atom is 0.155 e. The SMILES string of the molecule is CC(C=O)C1(C)C(=O)C(C)(C(C)Sc2ccccc2)C(c2ccccc2)=C1c1ccccc1. The minimum Gasteiger partial charge on any atom is -0.303 e. The molecule has 4 unspecified atom stereocenters. The molecule has 3 heteroatoms. The minimum atomic E-state index is -0.922. The van der Waals surface area contributed by atoms with Crippen LogP contribution in [0.1, 0.15) is 38.8 Å².